The van der Waals surface area contributed by atoms with Crippen molar-refractivity contribution in [1.82, 2.24) is 5.32 Å². The molecule has 1 fully saturated rings. The van der Waals surface area contributed by atoms with Gasteiger partial charge >= 0.3 is 7.12 Å². The zero-order valence-electron chi connectivity index (χ0n) is 14.8. The van der Waals surface area contributed by atoms with E-state index < -0.39 is 18.3 Å². The molecule has 0 spiro atoms. The highest BCUT2D eigenvalue weighted by Crippen LogP contribution is 2.39. The largest absolute Gasteiger partial charge is 0.507 e. The van der Waals surface area contributed by atoms with Crippen LogP contribution in [0.4, 0.5) is 0 Å². The summed E-state index contributed by atoms with van der Waals surface area (Å²) in [5.74, 6) is 0.877. The molecule has 0 atom stereocenters. The summed E-state index contributed by atoms with van der Waals surface area (Å²) in [5, 5.41) is 13.2. The summed E-state index contributed by atoms with van der Waals surface area (Å²) in [7, 11) is 3.01. The number of hydrogen-bond donors (Lipinski definition) is 2. The Labute approximate surface area is 138 Å². The number of benzene rings is 1. The Morgan fingerprint density at radius 1 is 1.26 bits per heavy atom. The standard InChI is InChI=1S/C17H26BNO4/c1-16(2)17(3,4)23-18(22-16)13(11-19-5)9-12-10-14(21-6)7-8-15(12)20/h7-10,19-20H,11H2,1-6H3. The van der Waals surface area contributed by atoms with Crippen LogP contribution < -0.4 is 10.1 Å². The maximum absolute atomic E-state index is 10.1. The molecule has 0 aliphatic carbocycles. The molecule has 0 amide bonds. The minimum absolute atomic E-state index is 0.191. The van der Waals surface area contributed by atoms with Crippen molar-refractivity contribution in [3.8, 4) is 11.5 Å². The Balaban J connectivity index is 2.36. The lowest BCUT2D eigenvalue weighted by Crippen LogP contribution is -2.41. The van der Waals surface area contributed by atoms with E-state index in [0.717, 1.165) is 5.47 Å². The summed E-state index contributed by atoms with van der Waals surface area (Å²) in [6.45, 7) is 8.67. The first-order valence-corrected chi connectivity index (χ1v) is 7.78. The zero-order chi connectivity index (χ0) is 17.3. The number of ether oxygens (including phenoxy) is 1. The fourth-order valence-corrected chi connectivity index (χ4v) is 2.38. The maximum atomic E-state index is 10.1. The predicted octanol–water partition coefficient (Wildman–Crippen LogP) is 2.64. The second kappa shape index (κ2) is 6.55. The summed E-state index contributed by atoms with van der Waals surface area (Å²) in [6, 6.07) is 5.13. The third-order valence-electron chi connectivity index (χ3n) is 4.51. The third-order valence-corrected chi connectivity index (χ3v) is 4.51. The number of rotatable bonds is 5. The molecule has 1 aliphatic heterocycles. The van der Waals surface area contributed by atoms with Crippen LogP contribution in [-0.4, -0.2) is 44.1 Å². The van der Waals surface area contributed by atoms with Gasteiger partial charge in [0.25, 0.3) is 0 Å². The van der Waals surface area contributed by atoms with Crippen molar-refractivity contribution in [1.29, 1.82) is 0 Å². The lowest BCUT2D eigenvalue weighted by Gasteiger charge is -2.32. The first-order chi connectivity index (χ1) is 10.7. The molecule has 1 aliphatic rings. The molecule has 2 N–H and O–H groups in total. The molecule has 0 unspecified atom stereocenters. The molecule has 0 bridgehead atoms. The van der Waals surface area contributed by atoms with Crippen LogP contribution in [0.1, 0.15) is 33.3 Å². The van der Waals surface area contributed by atoms with Crippen molar-refractivity contribution in [2.45, 2.75) is 38.9 Å². The van der Waals surface area contributed by atoms with Gasteiger partial charge in [0.2, 0.25) is 0 Å². The van der Waals surface area contributed by atoms with Gasteiger partial charge in [0.1, 0.15) is 11.5 Å². The molecule has 126 valence electrons. The number of methoxy groups -OCH3 is 1. The summed E-state index contributed by atoms with van der Waals surface area (Å²) in [6.07, 6.45) is 1.89. The third kappa shape index (κ3) is 3.71. The van der Waals surface area contributed by atoms with Crippen LogP contribution in [0.5, 0.6) is 11.5 Å². The van der Waals surface area contributed by atoms with Crippen molar-refractivity contribution in [2.75, 3.05) is 20.7 Å². The highest BCUT2D eigenvalue weighted by molar-refractivity contribution is 6.56. The zero-order valence-corrected chi connectivity index (χ0v) is 14.8. The van der Waals surface area contributed by atoms with Gasteiger partial charge in [0, 0.05) is 12.1 Å². The molecule has 6 heteroatoms. The van der Waals surface area contributed by atoms with Crippen molar-refractivity contribution in [2.24, 2.45) is 0 Å². The molecule has 0 saturated carbocycles. The Morgan fingerprint density at radius 2 is 1.87 bits per heavy atom. The molecule has 5 nitrogen and oxygen atoms in total. The van der Waals surface area contributed by atoms with E-state index in [9.17, 15) is 5.11 Å². The van der Waals surface area contributed by atoms with Gasteiger partial charge in [-0.1, -0.05) is 6.08 Å². The molecule has 1 saturated heterocycles. The Hall–Kier alpha value is -1.50. The Bertz CT molecular complexity index is 582. The van der Waals surface area contributed by atoms with Gasteiger partial charge in [0.15, 0.2) is 0 Å². The van der Waals surface area contributed by atoms with E-state index in [1.165, 1.54) is 0 Å². The van der Waals surface area contributed by atoms with Crippen molar-refractivity contribution < 1.29 is 19.2 Å². The molecule has 0 radical (unpaired) electrons. The van der Waals surface area contributed by atoms with Crippen molar-refractivity contribution in [3.63, 3.8) is 0 Å². The van der Waals surface area contributed by atoms with Crippen LogP contribution in [0, 0.1) is 0 Å². The van der Waals surface area contributed by atoms with Crippen LogP contribution in [0.3, 0.4) is 0 Å². The monoisotopic (exact) mass is 319 g/mol. The quantitative estimate of drug-likeness (QED) is 0.817. The van der Waals surface area contributed by atoms with Gasteiger partial charge in [-0.25, -0.2) is 0 Å². The maximum Gasteiger partial charge on any atom is 0.491 e. The summed E-state index contributed by atoms with van der Waals surface area (Å²) < 4.78 is 17.4. The summed E-state index contributed by atoms with van der Waals surface area (Å²) >= 11 is 0. The molecule has 23 heavy (non-hydrogen) atoms. The lowest BCUT2D eigenvalue weighted by atomic mass is 9.77. The van der Waals surface area contributed by atoms with Crippen LogP contribution >= 0.6 is 0 Å². The topological polar surface area (TPSA) is 60.0 Å². The molecule has 1 aromatic carbocycles. The Kier molecular flexibility index (Phi) is 5.09. The summed E-state index contributed by atoms with van der Waals surface area (Å²) in [5.41, 5.74) is 0.779. The molecule has 1 heterocycles. The van der Waals surface area contributed by atoms with Crippen LogP contribution in [-0.2, 0) is 9.31 Å². The van der Waals surface area contributed by atoms with E-state index in [2.05, 4.69) is 5.32 Å². The van der Waals surface area contributed by atoms with E-state index in [0.29, 0.717) is 17.9 Å². The minimum atomic E-state index is -0.460. The number of nitrogens with one attached hydrogen (secondary N) is 1. The highest BCUT2D eigenvalue weighted by atomic mass is 16.7. The first-order valence-electron chi connectivity index (χ1n) is 7.78. The summed E-state index contributed by atoms with van der Waals surface area (Å²) in [4.78, 5) is 0. The van der Waals surface area contributed by atoms with Crippen molar-refractivity contribution in [3.05, 3.63) is 29.2 Å². The lowest BCUT2D eigenvalue weighted by molar-refractivity contribution is 0.00578. The fourth-order valence-electron chi connectivity index (χ4n) is 2.38. The molecule has 2 rings (SSSR count). The van der Waals surface area contributed by atoms with Gasteiger partial charge in [-0.05, 0) is 58.4 Å². The van der Waals surface area contributed by atoms with Gasteiger partial charge in [-0.2, -0.15) is 0 Å². The van der Waals surface area contributed by atoms with Gasteiger partial charge in [-0.15, -0.1) is 0 Å². The van der Waals surface area contributed by atoms with E-state index in [1.807, 2.05) is 40.8 Å². The normalized spacial score (nSPS) is 19.9. The fraction of sp³-hybridized carbons (Fsp3) is 0.529. The van der Waals surface area contributed by atoms with Gasteiger partial charge < -0.3 is 24.5 Å². The number of hydrogen-bond acceptors (Lipinski definition) is 5. The smallest absolute Gasteiger partial charge is 0.491 e. The van der Waals surface area contributed by atoms with E-state index in [4.69, 9.17) is 14.0 Å². The highest BCUT2D eigenvalue weighted by Gasteiger charge is 2.52. The van der Waals surface area contributed by atoms with Crippen molar-refractivity contribution >= 4 is 13.2 Å². The van der Waals surface area contributed by atoms with E-state index >= 15 is 0 Å². The predicted molar refractivity (Wildman–Crippen MR) is 92.6 cm³/mol. The number of phenolic OH excluding ortho intramolecular Hbond substituents is 1. The second-order valence-corrected chi connectivity index (χ2v) is 6.76. The van der Waals surface area contributed by atoms with Gasteiger partial charge in [-0.3, -0.25) is 0 Å². The minimum Gasteiger partial charge on any atom is -0.507 e. The Morgan fingerprint density at radius 3 is 2.39 bits per heavy atom. The van der Waals surface area contributed by atoms with Gasteiger partial charge in [0.05, 0.1) is 18.3 Å². The number of aromatic hydroxyl groups is 1. The molecular weight excluding hydrogens is 293 g/mol. The van der Waals surface area contributed by atoms with Crippen LogP contribution in [0.25, 0.3) is 6.08 Å². The number of likely N-dealkylation sites (N-methyl/N-ethyl adjacent to an activating group) is 1. The molecular formula is C17H26BNO4. The van der Waals surface area contributed by atoms with Crippen LogP contribution in [0.2, 0.25) is 0 Å². The van der Waals surface area contributed by atoms with E-state index in [-0.39, 0.29) is 5.75 Å². The second-order valence-electron chi connectivity index (χ2n) is 6.76. The molecule has 0 aromatic heterocycles. The molecule has 1 aromatic rings. The number of phenols is 1. The van der Waals surface area contributed by atoms with Crippen LogP contribution in [0.15, 0.2) is 23.7 Å². The first kappa shape index (κ1) is 17.9. The van der Waals surface area contributed by atoms with E-state index in [1.54, 1.807) is 25.3 Å². The average molecular weight is 319 g/mol. The SMILES string of the molecule is CNCC(=Cc1cc(OC)ccc1O)B1OC(C)(C)C(C)(C)O1. The average Bonchev–Trinajstić information content (AvgIpc) is 2.69.